The molecule has 0 fully saturated rings. The third-order valence-electron chi connectivity index (χ3n) is 3.06. The molecule has 0 radical (unpaired) electrons. The van der Waals surface area contributed by atoms with Crippen molar-refractivity contribution in [2.75, 3.05) is 18.6 Å². The molecule has 0 bridgehead atoms. The van der Waals surface area contributed by atoms with Gasteiger partial charge in [-0.25, -0.2) is 0 Å². The van der Waals surface area contributed by atoms with Gasteiger partial charge in [0.05, 0.1) is 4.92 Å². The number of hydrogen-bond donors (Lipinski definition) is 1. The topological polar surface area (TPSA) is 55.2 Å². The van der Waals surface area contributed by atoms with Crippen LogP contribution in [0.5, 0.6) is 0 Å². The van der Waals surface area contributed by atoms with Crippen molar-refractivity contribution in [2.45, 2.75) is 26.3 Å². The molecule has 2 unspecified atom stereocenters. The normalized spacial score (nSPS) is 14.1. The van der Waals surface area contributed by atoms with Crippen LogP contribution in [0.3, 0.4) is 0 Å². The van der Waals surface area contributed by atoms with Crippen LogP contribution in [-0.2, 0) is 0 Å². The van der Waals surface area contributed by atoms with Gasteiger partial charge < -0.3 is 5.32 Å². The van der Waals surface area contributed by atoms with Gasteiger partial charge in [-0.2, -0.15) is 11.8 Å². The van der Waals surface area contributed by atoms with Gasteiger partial charge in [0.2, 0.25) is 0 Å². The minimum absolute atomic E-state index is 0.162. The predicted octanol–water partition coefficient (Wildman–Crippen LogP) is 3.63. The molecule has 106 valence electrons. The lowest BCUT2D eigenvalue weighted by atomic mass is 10.0. The average Bonchev–Trinajstić information content (AvgIpc) is 2.40. The van der Waals surface area contributed by atoms with Crippen LogP contribution in [0, 0.1) is 16.0 Å². The van der Waals surface area contributed by atoms with Gasteiger partial charge in [0.1, 0.15) is 0 Å². The molecule has 0 saturated heterocycles. The number of nitro benzene ring substituents is 1. The average molecular weight is 282 g/mol. The zero-order valence-corrected chi connectivity index (χ0v) is 12.6. The maximum Gasteiger partial charge on any atom is 0.269 e. The molecule has 0 aromatic heterocycles. The Morgan fingerprint density at radius 3 is 2.79 bits per heavy atom. The Morgan fingerprint density at radius 2 is 2.21 bits per heavy atom. The van der Waals surface area contributed by atoms with Crippen LogP contribution < -0.4 is 5.32 Å². The smallest absolute Gasteiger partial charge is 0.269 e. The van der Waals surface area contributed by atoms with E-state index in [-0.39, 0.29) is 16.7 Å². The number of nitrogens with zero attached hydrogens (tertiary/aromatic N) is 1. The zero-order chi connectivity index (χ0) is 14.3. The van der Waals surface area contributed by atoms with Crippen molar-refractivity contribution in [1.82, 2.24) is 5.32 Å². The van der Waals surface area contributed by atoms with E-state index in [1.54, 1.807) is 12.1 Å². The molecule has 0 amide bonds. The van der Waals surface area contributed by atoms with Crippen molar-refractivity contribution < 1.29 is 4.92 Å². The highest BCUT2D eigenvalue weighted by Gasteiger charge is 2.13. The zero-order valence-electron chi connectivity index (χ0n) is 11.8. The maximum atomic E-state index is 10.8. The molecular formula is C14H22N2O2S. The van der Waals surface area contributed by atoms with Gasteiger partial charge in [0.25, 0.3) is 5.69 Å². The number of nitrogens with one attached hydrogen (secondary N) is 1. The third kappa shape index (κ3) is 5.20. The monoisotopic (exact) mass is 282 g/mol. The quantitative estimate of drug-likeness (QED) is 0.584. The van der Waals surface area contributed by atoms with Crippen LogP contribution in [0.4, 0.5) is 5.69 Å². The van der Waals surface area contributed by atoms with Crippen molar-refractivity contribution in [2.24, 2.45) is 5.92 Å². The minimum Gasteiger partial charge on any atom is -0.310 e. The number of non-ortho nitro benzene ring substituents is 1. The lowest BCUT2D eigenvalue weighted by molar-refractivity contribution is -0.384. The van der Waals surface area contributed by atoms with Crippen molar-refractivity contribution in [3.63, 3.8) is 0 Å². The molecule has 2 atom stereocenters. The van der Waals surface area contributed by atoms with E-state index in [2.05, 4.69) is 25.4 Å². The van der Waals surface area contributed by atoms with Gasteiger partial charge in [-0.1, -0.05) is 26.0 Å². The molecule has 1 rings (SSSR count). The van der Waals surface area contributed by atoms with Crippen molar-refractivity contribution in [3.8, 4) is 0 Å². The second-order valence-corrected chi connectivity index (χ2v) is 5.69. The molecule has 0 spiro atoms. The summed E-state index contributed by atoms with van der Waals surface area (Å²) >= 11 is 1.84. The molecule has 1 N–H and O–H groups in total. The molecule has 0 saturated carbocycles. The van der Waals surface area contributed by atoms with E-state index < -0.39 is 0 Å². The van der Waals surface area contributed by atoms with Gasteiger partial charge in [-0.05, 0) is 36.5 Å². The first-order chi connectivity index (χ1) is 9.08. The van der Waals surface area contributed by atoms with E-state index in [1.807, 2.05) is 17.8 Å². The molecule has 0 aliphatic carbocycles. The summed E-state index contributed by atoms with van der Waals surface area (Å²) in [6.07, 6.45) is 3.03. The largest absolute Gasteiger partial charge is 0.310 e. The summed E-state index contributed by atoms with van der Waals surface area (Å²) in [6.45, 7) is 5.24. The molecular weight excluding hydrogens is 260 g/mol. The van der Waals surface area contributed by atoms with E-state index in [9.17, 15) is 10.1 Å². The van der Waals surface area contributed by atoms with Crippen LogP contribution in [-0.4, -0.2) is 23.5 Å². The van der Waals surface area contributed by atoms with E-state index >= 15 is 0 Å². The highest BCUT2D eigenvalue weighted by Crippen LogP contribution is 2.21. The van der Waals surface area contributed by atoms with Gasteiger partial charge in [0, 0.05) is 18.2 Å². The molecule has 0 aliphatic rings. The van der Waals surface area contributed by atoms with E-state index in [0.29, 0.717) is 5.92 Å². The first-order valence-corrected chi connectivity index (χ1v) is 7.94. The fourth-order valence-corrected chi connectivity index (χ4v) is 2.73. The van der Waals surface area contributed by atoms with Crippen LogP contribution in [0.2, 0.25) is 0 Å². The second kappa shape index (κ2) is 8.17. The van der Waals surface area contributed by atoms with Gasteiger partial charge >= 0.3 is 0 Å². The predicted molar refractivity (Wildman–Crippen MR) is 81.7 cm³/mol. The van der Waals surface area contributed by atoms with Crippen LogP contribution in [0.25, 0.3) is 0 Å². The van der Waals surface area contributed by atoms with E-state index in [0.717, 1.165) is 24.3 Å². The summed E-state index contributed by atoms with van der Waals surface area (Å²) in [5, 5.41) is 14.3. The molecule has 0 aliphatic heterocycles. The fraction of sp³-hybridized carbons (Fsp3) is 0.571. The summed E-state index contributed by atoms with van der Waals surface area (Å²) in [7, 11) is 0. The number of benzene rings is 1. The van der Waals surface area contributed by atoms with Gasteiger partial charge in [-0.15, -0.1) is 0 Å². The highest BCUT2D eigenvalue weighted by molar-refractivity contribution is 7.98. The van der Waals surface area contributed by atoms with Crippen molar-refractivity contribution in [1.29, 1.82) is 0 Å². The highest BCUT2D eigenvalue weighted by atomic mass is 32.2. The maximum absolute atomic E-state index is 10.8. The van der Waals surface area contributed by atoms with Crippen LogP contribution >= 0.6 is 11.8 Å². The first kappa shape index (κ1) is 16.0. The van der Waals surface area contributed by atoms with Gasteiger partial charge in [-0.3, -0.25) is 10.1 Å². The van der Waals surface area contributed by atoms with Crippen LogP contribution in [0.15, 0.2) is 24.3 Å². The number of rotatable bonds is 8. The lowest BCUT2D eigenvalue weighted by Crippen LogP contribution is -2.27. The summed E-state index contributed by atoms with van der Waals surface area (Å²) in [5.41, 5.74) is 1.16. The number of thioether (sulfide) groups is 1. The van der Waals surface area contributed by atoms with Crippen molar-refractivity contribution in [3.05, 3.63) is 39.9 Å². The molecule has 0 heterocycles. The Bertz CT molecular complexity index is 412. The Labute approximate surface area is 119 Å². The van der Waals surface area contributed by atoms with Gasteiger partial charge in [0.15, 0.2) is 0 Å². The number of nitro groups is 1. The standard InChI is InChI=1S/C14H22N2O2S/c1-4-14(15-9-11(2)10-19-3)12-6-5-7-13(8-12)16(17)18/h5-8,11,14-15H,4,9-10H2,1-3H3. The molecule has 19 heavy (non-hydrogen) atoms. The number of hydrogen-bond acceptors (Lipinski definition) is 4. The summed E-state index contributed by atoms with van der Waals surface area (Å²) in [6, 6.07) is 7.09. The summed E-state index contributed by atoms with van der Waals surface area (Å²) < 4.78 is 0. The SMILES string of the molecule is CCC(NCC(C)CSC)c1cccc([N+](=O)[O-])c1. The molecule has 5 heteroatoms. The Kier molecular flexibility index (Phi) is 6.87. The molecule has 4 nitrogen and oxygen atoms in total. The second-order valence-electron chi connectivity index (χ2n) is 4.78. The third-order valence-corrected chi connectivity index (χ3v) is 3.96. The Hall–Kier alpha value is -1.07. The fourth-order valence-electron chi connectivity index (χ4n) is 2.04. The van der Waals surface area contributed by atoms with Crippen LogP contribution in [0.1, 0.15) is 31.9 Å². The Balaban J connectivity index is 2.68. The lowest BCUT2D eigenvalue weighted by Gasteiger charge is -2.20. The summed E-state index contributed by atoms with van der Waals surface area (Å²) in [4.78, 5) is 10.5. The minimum atomic E-state index is -0.341. The Morgan fingerprint density at radius 1 is 1.47 bits per heavy atom. The van der Waals surface area contributed by atoms with Crippen molar-refractivity contribution >= 4 is 17.4 Å². The van der Waals surface area contributed by atoms with E-state index in [4.69, 9.17) is 0 Å². The van der Waals surface area contributed by atoms with E-state index in [1.165, 1.54) is 6.07 Å². The molecule has 1 aromatic rings. The first-order valence-electron chi connectivity index (χ1n) is 6.55. The molecule has 1 aromatic carbocycles. The summed E-state index contributed by atoms with van der Waals surface area (Å²) in [5.74, 6) is 1.72.